The van der Waals surface area contributed by atoms with Gasteiger partial charge in [0.25, 0.3) is 0 Å². The molecule has 1 aliphatic heterocycles. The average Bonchev–Trinajstić information content (AvgIpc) is 2.75. The van der Waals surface area contributed by atoms with Gasteiger partial charge in [0.1, 0.15) is 11.4 Å². The van der Waals surface area contributed by atoms with Crippen LogP contribution in [0.15, 0.2) is 18.3 Å². The van der Waals surface area contributed by atoms with E-state index in [9.17, 15) is 4.79 Å². The number of benzene rings is 1. The molecular weight excluding hydrogens is 410 g/mol. The number of likely N-dealkylation sites (tertiary alicyclic amines) is 1. The predicted molar refractivity (Wildman–Crippen MR) is 122 cm³/mol. The first kappa shape index (κ1) is 23.9. The zero-order chi connectivity index (χ0) is 22.9. The van der Waals surface area contributed by atoms with Crippen LogP contribution in [0.3, 0.4) is 0 Å². The van der Waals surface area contributed by atoms with Gasteiger partial charge in [-0.15, -0.1) is 10.2 Å². The normalized spacial score (nSPS) is 16.6. The van der Waals surface area contributed by atoms with Gasteiger partial charge >= 0.3 is 5.97 Å². The molecule has 2 aromatic rings. The van der Waals surface area contributed by atoms with Crippen LogP contribution in [0.2, 0.25) is 0 Å². The van der Waals surface area contributed by atoms with E-state index in [1.165, 1.54) is 0 Å². The monoisotopic (exact) mass is 443 g/mol. The van der Waals surface area contributed by atoms with Gasteiger partial charge < -0.3 is 19.5 Å². The summed E-state index contributed by atoms with van der Waals surface area (Å²) in [7, 11) is 0. The Labute approximate surface area is 189 Å². The maximum Gasteiger partial charge on any atom is 0.320 e. The number of nitrogens with one attached hydrogen (secondary N) is 1. The Morgan fingerprint density at radius 3 is 2.78 bits per heavy atom. The lowest BCUT2D eigenvalue weighted by molar-refractivity contribution is -0.144. The standard InChI is InChI=1S/C23H33N5O4/c1-5-30-15-32-20-11-16(3)10-17(4)22(20)19-12-24-23(27-26-19)25-18-8-7-9-28(13-18)14-21(29)31-6-2/h10-12,18H,5-9,13-15H2,1-4H3,(H,24,25,27)/t18-/m1/s1. The molecule has 32 heavy (non-hydrogen) atoms. The summed E-state index contributed by atoms with van der Waals surface area (Å²) in [6.07, 6.45) is 3.68. The van der Waals surface area contributed by atoms with E-state index in [4.69, 9.17) is 14.2 Å². The highest BCUT2D eigenvalue weighted by molar-refractivity contribution is 5.72. The average molecular weight is 444 g/mol. The lowest BCUT2D eigenvalue weighted by Crippen LogP contribution is -2.44. The van der Waals surface area contributed by atoms with Gasteiger partial charge in [-0.05, 0) is 64.3 Å². The van der Waals surface area contributed by atoms with E-state index in [-0.39, 0.29) is 18.8 Å². The molecule has 9 nitrogen and oxygen atoms in total. The molecular formula is C23H33N5O4. The fourth-order valence-electron chi connectivity index (χ4n) is 3.90. The highest BCUT2D eigenvalue weighted by Crippen LogP contribution is 2.33. The first-order chi connectivity index (χ1) is 15.5. The molecule has 1 N–H and O–H groups in total. The molecule has 2 heterocycles. The Kier molecular flexibility index (Phi) is 8.75. The van der Waals surface area contributed by atoms with E-state index in [0.29, 0.717) is 37.2 Å². The predicted octanol–water partition coefficient (Wildman–Crippen LogP) is 2.97. The number of hydrogen-bond donors (Lipinski definition) is 1. The van der Waals surface area contributed by atoms with E-state index >= 15 is 0 Å². The number of carbonyl (C=O) groups is 1. The minimum Gasteiger partial charge on any atom is -0.467 e. The third kappa shape index (κ3) is 6.61. The molecule has 0 saturated carbocycles. The molecule has 0 spiro atoms. The van der Waals surface area contributed by atoms with Crippen LogP contribution in [0.1, 0.15) is 37.8 Å². The van der Waals surface area contributed by atoms with Gasteiger partial charge in [-0.3, -0.25) is 9.69 Å². The lowest BCUT2D eigenvalue weighted by Gasteiger charge is -2.32. The number of aromatic nitrogens is 3. The van der Waals surface area contributed by atoms with Crippen molar-refractivity contribution in [3.8, 4) is 17.0 Å². The second-order valence-electron chi connectivity index (χ2n) is 7.90. The van der Waals surface area contributed by atoms with Crippen molar-refractivity contribution in [1.82, 2.24) is 20.1 Å². The number of rotatable bonds is 10. The number of anilines is 1. The summed E-state index contributed by atoms with van der Waals surface area (Å²) in [4.78, 5) is 18.4. The largest absolute Gasteiger partial charge is 0.467 e. The summed E-state index contributed by atoms with van der Waals surface area (Å²) in [5.74, 6) is 0.985. The third-order valence-electron chi connectivity index (χ3n) is 5.26. The van der Waals surface area contributed by atoms with Crippen molar-refractivity contribution in [2.45, 2.75) is 46.6 Å². The molecule has 0 radical (unpaired) electrons. The molecule has 3 rings (SSSR count). The van der Waals surface area contributed by atoms with E-state index < -0.39 is 0 Å². The first-order valence-corrected chi connectivity index (χ1v) is 11.2. The molecule has 0 amide bonds. The van der Waals surface area contributed by atoms with Crippen molar-refractivity contribution < 1.29 is 19.0 Å². The lowest BCUT2D eigenvalue weighted by atomic mass is 10.0. The number of nitrogens with zero attached hydrogens (tertiary/aromatic N) is 4. The fraction of sp³-hybridized carbons (Fsp3) is 0.565. The smallest absolute Gasteiger partial charge is 0.320 e. The van der Waals surface area contributed by atoms with E-state index in [0.717, 1.165) is 42.6 Å². The number of ether oxygens (including phenoxy) is 3. The second kappa shape index (κ2) is 11.7. The molecule has 1 saturated heterocycles. The number of piperidine rings is 1. The summed E-state index contributed by atoms with van der Waals surface area (Å²) in [5, 5.41) is 12.0. The summed E-state index contributed by atoms with van der Waals surface area (Å²) >= 11 is 0. The van der Waals surface area contributed by atoms with Gasteiger partial charge in [0.2, 0.25) is 5.95 Å². The van der Waals surface area contributed by atoms with Crippen LogP contribution in [0.4, 0.5) is 5.95 Å². The second-order valence-corrected chi connectivity index (χ2v) is 7.90. The van der Waals surface area contributed by atoms with Crippen LogP contribution in [0.5, 0.6) is 5.75 Å². The number of esters is 1. The minimum absolute atomic E-state index is 0.150. The molecule has 1 fully saturated rings. The van der Waals surface area contributed by atoms with Gasteiger partial charge in [-0.25, -0.2) is 4.98 Å². The van der Waals surface area contributed by atoms with Crippen LogP contribution in [-0.4, -0.2) is 71.7 Å². The van der Waals surface area contributed by atoms with Crippen LogP contribution >= 0.6 is 0 Å². The Hall–Kier alpha value is -2.78. The quantitative estimate of drug-likeness (QED) is 0.337. The molecule has 1 atom stereocenters. The summed E-state index contributed by atoms with van der Waals surface area (Å²) in [6, 6.07) is 4.20. The Morgan fingerprint density at radius 2 is 2.06 bits per heavy atom. The Bertz CT molecular complexity index is 891. The molecule has 1 aromatic heterocycles. The van der Waals surface area contributed by atoms with Gasteiger partial charge in [0, 0.05) is 24.8 Å². The molecule has 1 aromatic carbocycles. The third-order valence-corrected chi connectivity index (χ3v) is 5.26. The fourth-order valence-corrected chi connectivity index (χ4v) is 3.90. The molecule has 0 bridgehead atoms. The number of aryl methyl sites for hydroxylation is 2. The van der Waals surface area contributed by atoms with Crippen LogP contribution < -0.4 is 10.1 Å². The van der Waals surface area contributed by atoms with Gasteiger partial charge in [-0.2, -0.15) is 0 Å². The summed E-state index contributed by atoms with van der Waals surface area (Å²) in [5.41, 5.74) is 3.64. The van der Waals surface area contributed by atoms with Crippen molar-refractivity contribution in [1.29, 1.82) is 0 Å². The summed E-state index contributed by atoms with van der Waals surface area (Å²) < 4.78 is 16.2. The van der Waals surface area contributed by atoms with Crippen molar-refractivity contribution in [2.24, 2.45) is 0 Å². The Balaban J connectivity index is 1.67. The van der Waals surface area contributed by atoms with Crippen molar-refractivity contribution in [3.05, 3.63) is 29.5 Å². The van der Waals surface area contributed by atoms with Crippen molar-refractivity contribution in [2.75, 3.05) is 45.0 Å². The van der Waals surface area contributed by atoms with Gasteiger partial charge in [0.05, 0.1) is 19.3 Å². The van der Waals surface area contributed by atoms with Gasteiger partial charge in [-0.1, -0.05) is 6.07 Å². The SMILES string of the molecule is CCOCOc1cc(C)cc(C)c1-c1cnc(N[C@@H]2CCCN(CC(=O)OCC)C2)nn1. The van der Waals surface area contributed by atoms with Crippen molar-refractivity contribution in [3.63, 3.8) is 0 Å². The van der Waals surface area contributed by atoms with Crippen LogP contribution in [-0.2, 0) is 14.3 Å². The van der Waals surface area contributed by atoms with E-state index in [1.54, 1.807) is 6.20 Å². The summed E-state index contributed by atoms with van der Waals surface area (Å²) in [6.45, 7) is 10.9. The van der Waals surface area contributed by atoms with E-state index in [2.05, 4.69) is 31.5 Å². The molecule has 174 valence electrons. The van der Waals surface area contributed by atoms with Crippen LogP contribution in [0, 0.1) is 13.8 Å². The number of hydrogen-bond acceptors (Lipinski definition) is 9. The maximum atomic E-state index is 11.8. The molecule has 0 unspecified atom stereocenters. The molecule has 0 aliphatic carbocycles. The maximum absolute atomic E-state index is 11.8. The van der Waals surface area contributed by atoms with Gasteiger partial charge in [0.15, 0.2) is 6.79 Å². The molecule has 1 aliphatic rings. The van der Waals surface area contributed by atoms with Crippen molar-refractivity contribution >= 4 is 11.9 Å². The topological polar surface area (TPSA) is 98.7 Å². The first-order valence-electron chi connectivity index (χ1n) is 11.2. The zero-order valence-electron chi connectivity index (χ0n) is 19.4. The highest BCUT2D eigenvalue weighted by Gasteiger charge is 2.23. The zero-order valence-corrected chi connectivity index (χ0v) is 19.4. The van der Waals surface area contributed by atoms with E-state index in [1.807, 2.05) is 33.8 Å². The number of carbonyl (C=O) groups excluding carboxylic acids is 1. The van der Waals surface area contributed by atoms with Crippen LogP contribution in [0.25, 0.3) is 11.3 Å². The highest BCUT2D eigenvalue weighted by atomic mass is 16.7. The Morgan fingerprint density at radius 1 is 1.22 bits per heavy atom. The molecule has 9 heteroatoms. The minimum atomic E-state index is -0.189.